The SMILES string of the molecule is CCC(=O)Nc1ccc(C(=O)NCCNC(=O)c2c[nH]c(=O)n(Cc3cccs3)c2=O)cc1. The van der Waals surface area contributed by atoms with Crippen LogP contribution in [-0.4, -0.2) is 40.4 Å². The van der Waals surface area contributed by atoms with Crippen molar-refractivity contribution < 1.29 is 14.4 Å². The molecule has 0 saturated carbocycles. The predicted octanol–water partition coefficient (Wildman–Crippen LogP) is 1.15. The van der Waals surface area contributed by atoms with E-state index in [-0.39, 0.29) is 37.0 Å². The normalized spacial score (nSPS) is 10.5. The molecule has 1 aromatic carbocycles. The van der Waals surface area contributed by atoms with Crippen LogP contribution in [0.3, 0.4) is 0 Å². The van der Waals surface area contributed by atoms with E-state index in [4.69, 9.17) is 0 Å². The van der Waals surface area contributed by atoms with E-state index in [1.807, 2.05) is 11.4 Å². The van der Waals surface area contributed by atoms with Crippen molar-refractivity contribution in [3.05, 3.63) is 84.8 Å². The standard InChI is InChI=1S/C22H23N5O5S/c1-2-18(28)26-15-7-5-14(6-8-15)19(29)23-9-10-24-20(30)17-12-25-22(32)27(21(17)31)13-16-4-3-11-33-16/h3-8,11-12H,2,9-10,13H2,1H3,(H,23,29)(H,24,30)(H,25,32)(H,26,28). The number of nitrogens with zero attached hydrogens (tertiary/aromatic N) is 1. The Balaban J connectivity index is 1.52. The Morgan fingerprint density at radius 3 is 2.33 bits per heavy atom. The molecule has 0 aliphatic carbocycles. The lowest BCUT2D eigenvalue weighted by molar-refractivity contribution is -0.115. The summed E-state index contributed by atoms with van der Waals surface area (Å²) >= 11 is 1.40. The van der Waals surface area contributed by atoms with Gasteiger partial charge in [-0.2, -0.15) is 0 Å². The summed E-state index contributed by atoms with van der Waals surface area (Å²) in [5.41, 5.74) is -0.493. The zero-order valence-electron chi connectivity index (χ0n) is 17.8. The Labute approximate surface area is 192 Å². The topological polar surface area (TPSA) is 142 Å². The molecule has 0 fully saturated rings. The molecule has 0 radical (unpaired) electrons. The fourth-order valence-corrected chi connectivity index (χ4v) is 3.57. The third-order valence-corrected chi connectivity index (χ3v) is 5.51. The monoisotopic (exact) mass is 469 g/mol. The van der Waals surface area contributed by atoms with Gasteiger partial charge < -0.3 is 20.9 Å². The third kappa shape index (κ3) is 6.26. The van der Waals surface area contributed by atoms with E-state index in [1.165, 1.54) is 11.3 Å². The largest absolute Gasteiger partial charge is 0.350 e. The highest BCUT2D eigenvalue weighted by Gasteiger charge is 2.15. The van der Waals surface area contributed by atoms with Crippen LogP contribution < -0.4 is 27.2 Å². The average Bonchev–Trinajstić information content (AvgIpc) is 3.33. The maximum Gasteiger partial charge on any atom is 0.328 e. The molecule has 4 N–H and O–H groups in total. The molecule has 0 unspecified atom stereocenters. The van der Waals surface area contributed by atoms with Crippen LogP contribution in [0.15, 0.2) is 57.6 Å². The van der Waals surface area contributed by atoms with E-state index < -0.39 is 17.2 Å². The first kappa shape index (κ1) is 23.7. The fourth-order valence-electron chi connectivity index (χ4n) is 2.88. The van der Waals surface area contributed by atoms with Gasteiger partial charge in [-0.25, -0.2) is 4.79 Å². The molecule has 0 saturated heterocycles. The number of amides is 3. The van der Waals surface area contributed by atoms with Gasteiger partial charge in [0.15, 0.2) is 0 Å². The first-order chi connectivity index (χ1) is 15.9. The summed E-state index contributed by atoms with van der Waals surface area (Å²) in [6.45, 7) is 2.03. The van der Waals surface area contributed by atoms with Crippen molar-refractivity contribution in [1.82, 2.24) is 20.2 Å². The molecule has 0 bridgehead atoms. The minimum absolute atomic E-state index is 0.0733. The van der Waals surface area contributed by atoms with Crippen LogP contribution in [0.1, 0.15) is 38.9 Å². The zero-order chi connectivity index (χ0) is 23.8. The van der Waals surface area contributed by atoms with Crippen LogP contribution in [0.4, 0.5) is 5.69 Å². The lowest BCUT2D eigenvalue weighted by Crippen LogP contribution is -2.42. The molecule has 3 rings (SSSR count). The van der Waals surface area contributed by atoms with Crippen molar-refractivity contribution in [2.24, 2.45) is 0 Å². The van der Waals surface area contributed by atoms with E-state index in [2.05, 4.69) is 20.9 Å². The van der Waals surface area contributed by atoms with Gasteiger partial charge in [0.2, 0.25) is 5.91 Å². The molecule has 2 aromatic heterocycles. The summed E-state index contributed by atoms with van der Waals surface area (Å²) in [5, 5.41) is 9.74. The number of hydrogen-bond acceptors (Lipinski definition) is 6. The molecule has 3 amide bonds. The maximum atomic E-state index is 12.6. The van der Waals surface area contributed by atoms with Gasteiger partial charge in [-0.05, 0) is 35.7 Å². The Kier molecular flexibility index (Phi) is 7.92. The molecule has 0 aliphatic rings. The van der Waals surface area contributed by atoms with Crippen LogP contribution in [0.25, 0.3) is 0 Å². The average molecular weight is 470 g/mol. The number of aromatic amines is 1. The highest BCUT2D eigenvalue weighted by atomic mass is 32.1. The van der Waals surface area contributed by atoms with E-state index in [9.17, 15) is 24.0 Å². The summed E-state index contributed by atoms with van der Waals surface area (Å²) in [6.07, 6.45) is 1.44. The Morgan fingerprint density at radius 2 is 1.70 bits per heavy atom. The molecule has 2 heterocycles. The Hall–Kier alpha value is -3.99. The van der Waals surface area contributed by atoms with Gasteiger partial charge in [0.25, 0.3) is 17.4 Å². The molecule has 11 heteroatoms. The van der Waals surface area contributed by atoms with E-state index in [0.29, 0.717) is 17.7 Å². The van der Waals surface area contributed by atoms with Crippen LogP contribution >= 0.6 is 11.3 Å². The summed E-state index contributed by atoms with van der Waals surface area (Å²) in [4.78, 5) is 63.9. The number of benzene rings is 1. The van der Waals surface area contributed by atoms with Crippen molar-refractivity contribution in [2.75, 3.05) is 18.4 Å². The number of rotatable bonds is 9. The van der Waals surface area contributed by atoms with Crippen molar-refractivity contribution >= 4 is 34.7 Å². The molecule has 172 valence electrons. The maximum absolute atomic E-state index is 12.6. The molecular formula is C22H23N5O5S. The molecule has 0 aliphatic heterocycles. The molecule has 0 spiro atoms. The molecule has 10 nitrogen and oxygen atoms in total. The first-order valence-corrected chi connectivity index (χ1v) is 11.1. The second kappa shape index (κ2) is 11.0. The minimum Gasteiger partial charge on any atom is -0.350 e. The van der Waals surface area contributed by atoms with Crippen molar-refractivity contribution in [3.8, 4) is 0 Å². The quantitative estimate of drug-likeness (QED) is 0.348. The van der Waals surface area contributed by atoms with Gasteiger partial charge in [-0.1, -0.05) is 13.0 Å². The lowest BCUT2D eigenvalue weighted by atomic mass is 10.2. The van der Waals surface area contributed by atoms with Gasteiger partial charge in [0.05, 0.1) is 6.54 Å². The van der Waals surface area contributed by atoms with Crippen LogP contribution in [0.2, 0.25) is 0 Å². The van der Waals surface area contributed by atoms with Crippen LogP contribution in [-0.2, 0) is 11.3 Å². The number of carbonyl (C=O) groups excluding carboxylic acids is 3. The predicted molar refractivity (Wildman–Crippen MR) is 125 cm³/mol. The fraction of sp³-hybridized carbons (Fsp3) is 0.227. The van der Waals surface area contributed by atoms with Crippen molar-refractivity contribution in [3.63, 3.8) is 0 Å². The number of aromatic nitrogens is 2. The van der Waals surface area contributed by atoms with Crippen LogP contribution in [0, 0.1) is 0 Å². The number of nitrogens with one attached hydrogen (secondary N) is 4. The van der Waals surface area contributed by atoms with Gasteiger partial charge in [-0.3, -0.25) is 23.7 Å². The van der Waals surface area contributed by atoms with Crippen molar-refractivity contribution in [1.29, 1.82) is 0 Å². The number of anilines is 1. The second-order valence-electron chi connectivity index (χ2n) is 6.97. The molecule has 0 atom stereocenters. The third-order valence-electron chi connectivity index (χ3n) is 4.65. The summed E-state index contributed by atoms with van der Waals surface area (Å²) in [7, 11) is 0. The van der Waals surface area contributed by atoms with Gasteiger partial charge in [0, 0.05) is 41.8 Å². The Morgan fingerprint density at radius 1 is 1.00 bits per heavy atom. The number of H-pyrrole nitrogens is 1. The number of hydrogen-bond donors (Lipinski definition) is 4. The highest BCUT2D eigenvalue weighted by Crippen LogP contribution is 2.10. The summed E-state index contributed by atoms with van der Waals surface area (Å²) in [5.74, 6) is -1.12. The summed E-state index contributed by atoms with van der Waals surface area (Å²) < 4.78 is 0.967. The van der Waals surface area contributed by atoms with Crippen molar-refractivity contribution in [2.45, 2.75) is 19.9 Å². The second-order valence-corrected chi connectivity index (χ2v) is 8.00. The van der Waals surface area contributed by atoms with E-state index >= 15 is 0 Å². The number of thiophene rings is 1. The van der Waals surface area contributed by atoms with Gasteiger partial charge in [-0.15, -0.1) is 11.3 Å². The Bertz CT molecular complexity index is 1250. The van der Waals surface area contributed by atoms with E-state index in [1.54, 1.807) is 37.3 Å². The first-order valence-electron chi connectivity index (χ1n) is 10.2. The zero-order valence-corrected chi connectivity index (χ0v) is 18.7. The molecule has 33 heavy (non-hydrogen) atoms. The molecular weight excluding hydrogens is 446 g/mol. The smallest absolute Gasteiger partial charge is 0.328 e. The number of carbonyl (C=O) groups is 3. The molecule has 3 aromatic rings. The van der Waals surface area contributed by atoms with E-state index in [0.717, 1.165) is 15.6 Å². The lowest BCUT2D eigenvalue weighted by Gasteiger charge is -2.09. The minimum atomic E-state index is -0.691. The van der Waals surface area contributed by atoms with Gasteiger partial charge >= 0.3 is 5.69 Å². The van der Waals surface area contributed by atoms with Gasteiger partial charge in [0.1, 0.15) is 5.56 Å². The van der Waals surface area contributed by atoms with Crippen LogP contribution in [0.5, 0.6) is 0 Å². The summed E-state index contributed by atoms with van der Waals surface area (Å²) in [6, 6.07) is 10.0. The highest BCUT2D eigenvalue weighted by molar-refractivity contribution is 7.09.